The number of para-hydroxylation sites is 1. The van der Waals surface area contributed by atoms with Gasteiger partial charge in [-0.3, -0.25) is 14.4 Å². The standard InChI is InChI=1S/C19H17N3O6S/c1-11-14(8-20)17(23)22(12-6-7-29(27,28)10-12)18(24)15(11)9-21-16-5-3-2-4-13(16)19(25)26/h2-5,9,12,24H,6-7,10H2,1H3,(H,25,26)/t12-/m1/s1. The second kappa shape index (κ2) is 7.52. The highest BCUT2D eigenvalue weighted by Crippen LogP contribution is 2.30. The molecule has 0 bridgehead atoms. The monoisotopic (exact) mass is 415 g/mol. The Morgan fingerprint density at radius 2 is 2.07 bits per heavy atom. The van der Waals surface area contributed by atoms with Gasteiger partial charge in [0.05, 0.1) is 34.4 Å². The molecule has 150 valence electrons. The first-order chi connectivity index (χ1) is 13.7. The van der Waals surface area contributed by atoms with Crippen molar-refractivity contribution in [3.05, 3.63) is 56.9 Å². The van der Waals surface area contributed by atoms with Gasteiger partial charge < -0.3 is 10.2 Å². The summed E-state index contributed by atoms with van der Waals surface area (Å²) in [6.45, 7) is 1.46. The van der Waals surface area contributed by atoms with Crippen LogP contribution in [0, 0.1) is 18.3 Å². The Bertz CT molecular complexity index is 1240. The number of aromatic carboxylic acids is 1. The predicted molar refractivity (Wildman–Crippen MR) is 105 cm³/mol. The molecule has 1 fully saturated rings. The summed E-state index contributed by atoms with van der Waals surface area (Å²) in [5.41, 5.74) is -0.725. The van der Waals surface area contributed by atoms with E-state index in [0.29, 0.717) is 0 Å². The summed E-state index contributed by atoms with van der Waals surface area (Å²) < 4.78 is 24.5. The number of carbonyl (C=O) groups is 1. The number of aromatic nitrogens is 1. The predicted octanol–water partition coefficient (Wildman–Crippen LogP) is 1.54. The first kappa shape index (κ1) is 20.3. The van der Waals surface area contributed by atoms with E-state index in [1.165, 1.54) is 25.3 Å². The van der Waals surface area contributed by atoms with E-state index in [2.05, 4.69) is 4.99 Å². The fraction of sp³-hybridized carbons (Fsp3) is 0.263. The van der Waals surface area contributed by atoms with E-state index in [4.69, 9.17) is 0 Å². The van der Waals surface area contributed by atoms with Gasteiger partial charge in [0.2, 0.25) is 5.88 Å². The molecule has 9 nitrogen and oxygen atoms in total. The molecule has 2 aromatic rings. The zero-order valence-corrected chi connectivity index (χ0v) is 16.2. The van der Waals surface area contributed by atoms with Gasteiger partial charge in [0.25, 0.3) is 5.56 Å². The number of nitrogens with zero attached hydrogens (tertiary/aromatic N) is 3. The summed E-state index contributed by atoms with van der Waals surface area (Å²) in [7, 11) is -3.34. The molecule has 29 heavy (non-hydrogen) atoms. The number of hydrogen-bond acceptors (Lipinski definition) is 7. The zero-order valence-electron chi connectivity index (χ0n) is 15.4. The van der Waals surface area contributed by atoms with E-state index >= 15 is 0 Å². The average molecular weight is 415 g/mol. The second-order valence-electron chi connectivity index (χ2n) is 6.66. The van der Waals surface area contributed by atoms with Gasteiger partial charge >= 0.3 is 5.97 Å². The Hall–Kier alpha value is -3.45. The maximum Gasteiger partial charge on any atom is 0.337 e. The number of pyridine rings is 1. The Labute approximate surface area is 166 Å². The molecule has 0 spiro atoms. The molecule has 2 heterocycles. The summed E-state index contributed by atoms with van der Waals surface area (Å²) in [6, 6.07) is 6.97. The van der Waals surface area contributed by atoms with Crippen LogP contribution in [0.2, 0.25) is 0 Å². The number of hydrogen-bond donors (Lipinski definition) is 2. The Kier molecular flexibility index (Phi) is 5.26. The lowest BCUT2D eigenvalue weighted by atomic mass is 10.0. The minimum absolute atomic E-state index is 0.0469. The number of aromatic hydroxyl groups is 1. The van der Waals surface area contributed by atoms with E-state index in [-0.39, 0.29) is 45.9 Å². The highest BCUT2D eigenvalue weighted by atomic mass is 32.2. The minimum Gasteiger partial charge on any atom is -0.494 e. The Balaban J connectivity index is 2.18. The molecule has 1 aliphatic heterocycles. The topological polar surface area (TPSA) is 150 Å². The molecular formula is C19H17N3O6S. The number of carboxylic acid groups (broad SMARTS) is 1. The second-order valence-corrected chi connectivity index (χ2v) is 8.89. The van der Waals surface area contributed by atoms with Crippen LogP contribution in [0.25, 0.3) is 0 Å². The molecule has 0 unspecified atom stereocenters. The smallest absolute Gasteiger partial charge is 0.337 e. The van der Waals surface area contributed by atoms with Gasteiger partial charge in [0.1, 0.15) is 11.6 Å². The van der Waals surface area contributed by atoms with Crippen LogP contribution in [0.1, 0.15) is 39.5 Å². The van der Waals surface area contributed by atoms with E-state index in [1.54, 1.807) is 18.2 Å². The third-order valence-electron chi connectivity index (χ3n) is 4.83. The number of rotatable bonds is 4. The fourth-order valence-corrected chi connectivity index (χ4v) is 5.01. The zero-order chi connectivity index (χ0) is 21.3. The largest absolute Gasteiger partial charge is 0.494 e. The molecule has 0 saturated carbocycles. The van der Waals surface area contributed by atoms with Crippen molar-refractivity contribution in [3.8, 4) is 11.9 Å². The quantitative estimate of drug-likeness (QED) is 0.719. The molecule has 1 saturated heterocycles. The van der Waals surface area contributed by atoms with Crippen molar-refractivity contribution in [3.63, 3.8) is 0 Å². The number of aliphatic imine (C=N–C) groups is 1. The molecule has 1 aliphatic rings. The molecule has 0 radical (unpaired) electrons. The fourth-order valence-electron chi connectivity index (χ4n) is 3.31. The molecule has 3 rings (SSSR count). The van der Waals surface area contributed by atoms with Crippen molar-refractivity contribution in [1.82, 2.24) is 4.57 Å². The molecule has 0 aliphatic carbocycles. The average Bonchev–Trinajstić information content (AvgIpc) is 3.01. The van der Waals surface area contributed by atoms with Gasteiger partial charge in [-0.2, -0.15) is 5.26 Å². The van der Waals surface area contributed by atoms with Crippen LogP contribution >= 0.6 is 0 Å². The number of carboxylic acids is 1. The third kappa shape index (κ3) is 3.77. The van der Waals surface area contributed by atoms with Crippen LogP contribution in [0.5, 0.6) is 5.88 Å². The van der Waals surface area contributed by atoms with Gasteiger partial charge in [-0.25, -0.2) is 13.2 Å². The molecule has 1 aromatic heterocycles. The molecule has 0 amide bonds. The Morgan fingerprint density at radius 3 is 2.66 bits per heavy atom. The van der Waals surface area contributed by atoms with E-state index in [9.17, 15) is 33.5 Å². The Morgan fingerprint density at radius 1 is 1.38 bits per heavy atom. The molecule has 10 heteroatoms. The first-order valence-electron chi connectivity index (χ1n) is 8.61. The van der Waals surface area contributed by atoms with Crippen molar-refractivity contribution >= 4 is 27.7 Å². The van der Waals surface area contributed by atoms with Gasteiger partial charge in [-0.1, -0.05) is 12.1 Å². The van der Waals surface area contributed by atoms with Crippen LogP contribution in [0.4, 0.5) is 5.69 Å². The van der Waals surface area contributed by atoms with Gasteiger partial charge in [-0.05, 0) is 31.0 Å². The first-order valence-corrected chi connectivity index (χ1v) is 10.4. The molecule has 1 atom stereocenters. The van der Waals surface area contributed by atoms with E-state index in [0.717, 1.165) is 4.57 Å². The van der Waals surface area contributed by atoms with Crippen LogP contribution in [0.15, 0.2) is 34.1 Å². The maximum absolute atomic E-state index is 12.7. The van der Waals surface area contributed by atoms with Crippen molar-refractivity contribution < 1.29 is 23.4 Å². The normalized spacial score (nSPS) is 18.0. The number of sulfone groups is 1. The molecule has 2 N–H and O–H groups in total. The van der Waals surface area contributed by atoms with Crippen molar-refractivity contribution in [1.29, 1.82) is 5.26 Å². The van der Waals surface area contributed by atoms with Gasteiger partial charge in [0.15, 0.2) is 9.84 Å². The van der Waals surface area contributed by atoms with Crippen molar-refractivity contribution in [2.24, 2.45) is 4.99 Å². The lowest BCUT2D eigenvalue weighted by Crippen LogP contribution is -2.29. The van der Waals surface area contributed by atoms with Crippen molar-refractivity contribution in [2.75, 3.05) is 11.5 Å². The lowest BCUT2D eigenvalue weighted by molar-refractivity contribution is 0.0698. The lowest BCUT2D eigenvalue weighted by Gasteiger charge is -2.18. The van der Waals surface area contributed by atoms with Crippen LogP contribution in [-0.4, -0.2) is 46.9 Å². The summed E-state index contributed by atoms with van der Waals surface area (Å²) in [6.07, 6.45) is 1.31. The maximum atomic E-state index is 12.7. The van der Waals surface area contributed by atoms with Crippen LogP contribution in [0.3, 0.4) is 0 Å². The molecule has 1 aromatic carbocycles. The summed E-state index contributed by atoms with van der Waals surface area (Å²) in [5, 5.41) is 29.4. The van der Waals surface area contributed by atoms with Crippen LogP contribution < -0.4 is 5.56 Å². The van der Waals surface area contributed by atoms with Gasteiger partial charge in [0, 0.05) is 6.21 Å². The SMILES string of the molecule is Cc1c(C=Nc2ccccc2C(=O)O)c(O)n([C@@H]2CCS(=O)(=O)C2)c(=O)c1C#N. The van der Waals surface area contributed by atoms with Crippen LogP contribution in [-0.2, 0) is 9.84 Å². The number of nitriles is 1. The van der Waals surface area contributed by atoms with E-state index in [1.807, 2.05) is 0 Å². The van der Waals surface area contributed by atoms with Crippen molar-refractivity contribution in [2.45, 2.75) is 19.4 Å². The summed E-state index contributed by atoms with van der Waals surface area (Å²) in [4.78, 5) is 28.1. The highest BCUT2D eigenvalue weighted by Gasteiger charge is 2.33. The van der Waals surface area contributed by atoms with E-state index < -0.39 is 33.3 Å². The minimum atomic E-state index is -3.34. The highest BCUT2D eigenvalue weighted by molar-refractivity contribution is 7.91. The molecular weight excluding hydrogens is 398 g/mol. The number of benzene rings is 1. The summed E-state index contributed by atoms with van der Waals surface area (Å²) >= 11 is 0. The third-order valence-corrected chi connectivity index (χ3v) is 6.58. The van der Waals surface area contributed by atoms with Gasteiger partial charge in [-0.15, -0.1) is 0 Å². The summed E-state index contributed by atoms with van der Waals surface area (Å²) in [5.74, 6) is -2.12.